The van der Waals surface area contributed by atoms with E-state index in [0.717, 1.165) is 41.4 Å². The van der Waals surface area contributed by atoms with Crippen LogP contribution in [0.25, 0.3) is 22.4 Å². The first-order valence-corrected chi connectivity index (χ1v) is 10.5. The maximum atomic E-state index is 5.91. The van der Waals surface area contributed by atoms with Crippen molar-refractivity contribution in [3.8, 4) is 17.3 Å². The monoisotopic (exact) mass is 378 g/mol. The number of pyridine rings is 1. The molecular weight excluding hydrogens is 348 g/mol. The minimum Gasteiger partial charge on any atom is -0.478 e. The highest BCUT2D eigenvalue weighted by Gasteiger charge is 2.12. The number of nitrogens with one attached hydrogen (secondary N) is 2. The molecule has 0 bridgehead atoms. The lowest BCUT2D eigenvalue weighted by Crippen LogP contribution is -2.27. The summed E-state index contributed by atoms with van der Waals surface area (Å²) in [5.41, 5.74) is 5.54. The van der Waals surface area contributed by atoms with Crippen LogP contribution in [0.1, 0.15) is 43.2 Å². The molecule has 28 heavy (non-hydrogen) atoms. The Bertz CT molecular complexity index is 927. The third-order valence-corrected chi connectivity index (χ3v) is 5.65. The van der Waals surface area contributed by atoms with E-state index in [4.69, 9.17) is 9.72 Å². The highest BCUT2D eigenvalue weighted by atomic mass is 16.5. The van der Waals surface area contributed by atoms with Crippen molar-refractivity contribution in [3.63, 3.8) is 0 Å². The fourth-order valence-electron chi connectivity index (χ4n) is 4.13. The zero-order chi connectivity index (χ0) is 19.3. The topological polar surface area (TPSA) is 62.8 Å². The molecule has 0 spiro atoms. The number of H-pyrrole nitrogens is 1. The smallest absolute Gasteiger partial charge is 0.213 e. The number of ether oxygens (including phenoxy) is 1. The molecule has 2 N–H and O–H groups in total. The van der Waals surface area contributed by atoms with Gasteiger partial charge in [0.05, 0.1) is 17.6 Å². The SMILES string of the molecule is Cc1cc(C)c2nc(-c3ccnc(OCCCCC4CCNCC4)c3)[nH]c2c1. The summed E-state index contributed by atoms with van der Waals surface area (Å²) >= 11 is 0. The van der Waals surface area contributed by atoms with Crippen LogP contribution in [-0.4, -0.2) is 34.6 Å². The Balaban J connectivity index is 1.34. The number of piperidine rings is 1. The van der Waals surface area contributed by atoms with Gasteiger partial charge in [0.2, 0.25) is 5.88 Å². The van der Waals surface area contributed by atoms with Gasteiger partial charge < -0.3 is 15.0 Å². The zero-order valence-electron chi connectivity index (χ0n) is 16.9. The number of unbranched alkanes of at least 4 members (excludes halogenated alkanes) is 1. The molecule has 3 heterocycles. The number of nitrogens with zero attached hydrogens (tertiary/aromatic N) is 2. The Morgan fingerprint density at radius 3 is 2.82 bits per heavy atom. The van der Waals surface area contributed by atoms with Crippen molar-refractivity contribution in [2.45, 2.75) is 46.0 Å². The lowest BCUT2D eigenvalue weighted by atomic mass is 9.93. The summed E-state index contributed by atoms with van der Waals surface area (Å²) in [4.78, 5) is 12.6. The quantitative estimate of drug-likeness (QED) is 0.580. The first kappa shape index (κ1) is 18.9. The van der Waals surface area contributed by atoms with E-state index in [0.29, 0.717) is 5.88 Å². The molecule has 0 aliphatic carbocycles. The molecule has 1 fully saturated rings. The van der Waals surface area contributed by atoms with Crippen LogP contribution in [0.4, 0.5) is 0 Å². The molecule has 0 atom stereocenters. The molecule has 1 aliphatic rings. The Kier molecular flexibility index (Phi) is 5.91. The molecule has 0 amide bonds. The number of benzene rings is 1. The number of aromatic amines is 1. The third kappa shape index (κ3) is 4.53. The number of aromatic nitrogens is 3. The Morgan fingerprint density at radius 1 is 1.11 bits per heavy atom. The van der Waals surface area contributed by atoms with Crippen molar-refractivity contribution in [3.05, 3.63) is 41.6 Å². The lowest BCUT2D eigenvalue weighted by Gasteiger charge is -2.22. The lowest BCUT2D eigenvalue weighted by molar-refractivity contribution is 0.279. The maximum Gasteiger partial charge on any atom is 0.213 e. The van der Waals surface area contributed by atoms with Crippen LogP contribution in [0.3, 0.4) is 0 Å². The summed E-state index contributed by atoms with van der Waals surface area (Å²) < 4.78 is 5.91. The number of imidazole rings is 1. The van der Waals surface area contributed by atoms with Crippen molar-refractivity contribution in [1.82, 2.24) is 20.3 Å². The third-order valence-electron chi connectivity index (χ3n) is 5.65. The Labute approximate surface area is 166 Å². The minimum absolute atomic E-state index is 0.674. The predicted molar refractivity (Wildman–Crippen MR) is 114 cm³/mol. The highest BCUT2D eigenvalue weighted by molar-refractivity contribution is 5.83. The fourth-order valence-corrected chi connectivity index (χ4v) is 4.13. The van der Waals surface area contributed by atoms with E-state index in [-0.39, 0.29) is 0 Å². The van der Waals surface area contributed by atoms with E-state index >= 15 is 0 Å². The second-order valence-corrected chi connectivity index (χ2v) is 7.98. The zero-order valence-corrected chi connectivity index (χ0v) is 16.9. The second kappa shape index (κ2) is 8.74. The van der Waals surface area contributed by atoms with Crippen molar-refractivity contribution in [1.29, 1.82) is 0 Å². The number of fused-ring (bicyclic) bond motifs is 1. The van der Waals surface area contributed by atoms with Crippen LogP contribution in [0.2, 0.25) is 0 Å². The predicted octanol–water partition coefficient (Wildman–Crippen LogP) is 4.79. The molecule has 0 radical (unpaired) electrons. The molecule has 5 heteroatoms. The van der Waals surface area contributed by atoms with E-state index in [1.165, 1.54) is 49.9 Å². The van der Waals surface area contributed by atoms with E-state index in [1.807, 2.05) is 12.1 Å². The van der Waals surface area contributed by atoms with Crippen LogP contribution in [0, 0.1) is 19.8 Å². The van der Waals surface area contributed by atoms with Gasteiger partial charge in [-0.05, 0) is 81.8 Å². The first-order chi connectivity index (χ1) is 13.7. The van der Waals surface area contributed by atoms with E-state index < -0.39 is 0 Å². The molecule has 1 saturated heterocycles. The van der Waals surface area contributed by atoms with Crippen LogP contribution in [0.15, 0.2) is 30.5 Å². The minimum atomic E-state index is 0.674. The van der Waals surface area contributed by atoms with Crippen molar-refractivity contribution in [2.24, 2.45) is 5.92 Å². The normalized spacial score (nSPS) is 15.2. The second-order valence-electron chi connectivity index (χ2n) is 7.98. The molecule has 1 aromatic carbocycles. The molecular formula is C23H30N4O. The fraction of sp³-hybridized carbons (Fsp3) is 0.478. The van der Waals surface area contributed by atoms with Crippen LogP contribution >= 0.6 is 0 Å². The summed E-state index contributed by atoms with van der Waals surface area (Å²) in [6.45, 7) is 7.29. The van der Waals surface area contributed by atoms with Crippen molar-refractivity contribution in [2.75, 3.05) is 19.7 Å². The molecule has 5 nitrogen and oxygen atoms in total. The summed E-state index contributed by atoms with van der Waals surface area (Å²) in [6.07, 6.45) is 8.06. The Morgan fingerprint density at radius 2 is 1.96 bits per heavy atom. The summed E-state index contributed by atoms with van der Waals surface area (Å²) in [7, 11) is 0. The first-order valence-electron chi connectivity index (χ1n) is 10.5. The standard InChI is InChI=1S/C23H30N4O/c1-16-13-17(2)22-20(14-16)26-23(27-22)19-8-11-25-21(15-19)28-12-4-3-5-18-6-9-24-10-7-18/h8,11,13-15,18,24H,3-7,9-10,12H2,1-2H3,(H,26,27). The largest absolute Gasteiger partial charge is 0.478 e. The van der Waals surface area contributed by atoms with Gasteiger partial charge in [0, 0.05) is 17.8 Å². The number of rotatable bonds is 7. The van der Waals surface area contributed by atoms with E-state index in [9.17, 15) is 0 Å². The van der Waals surface area contributed by atoms with Gasteiger partial charge in [-0.1, -0.05) is 12.5 Å². The van der Waals surface area contributed by atoms with Crippen LogP contribution in [0.5, 0.6) is 5.88 Å². The number of hydrogen-bond donors (Lipinski definition) is 2. The molecule has 4 rings (SSSR count). The van der Waals surface area contributed by atoms with Gasteiger partial charge in [0.15, 0.2) is 0 Å². The maximum absolute atomic E-state index is 5.91. The highest BCUT2D eigenvalue weighted by Crippen LogP contribution is 2.25. The summed E-state index contributed by atoms with van der Waals surface area (Å²) in [6, 6.07) is 8.26. The molecule has 3 aromatic rings. The average Bonchev–Trinajstić information content (AvgIpc) is 3.13. The van der Waals surface area contributed by atoms with Gasteiger partial charge in [0.1, 0.15) is 5.82 Å². The summed E-state index contributed by atoms with van der Waals surface area (Å²) in [5.74, 6) is 2.43. The van der Waals surface area contributed by atoms with Crippen molar-refractivity contribution < 1.29 is 4.74 Å². The van der Waals surface area contributed by atoms with Gasteiger partial charge in [0.25, 0.3) is 0 Å². The molecule has 0 unspecified atom stereocenters. The van der Waals surface area contributed by atoms with Gasteiger partial charge >= 0.3 is 0 Å². The molecule has 2 aromatic heterocycles. The number of aryl methyl sites for hydroxylation is 2. The van der Waals surface area contributed by atoms with Crippen LogP contribution < -0.4 is 10.1 Å². The van der Waals surface area contributed by atoms with E-state index in [2.05, 4.69) is 41.3 Å². The Hall–Kier alpha value is -2.40. The summed E-state index contributed by atoms with van der Waals surface area (Å²) in [5, 5.41) is 3.43. The van der Waals surface area contributed by atoms with Gasteiger partial charge in [-0.2, -0.15) is 0 Å². The average molecular weight is 379 g/mol. The van der Waals surface area contributed by atoms with E-state index in [1.54, 1.807) is 6.20 Å². The molecule has 0 saturated carbocycles. The number of hydrogen-bond acceptors (Lipinski definition) is 4. The molecule has 148 valence electrons. The van der Waals surface area contributed by atoms with Gasteiger partial charge in [-0.15, -0.1) is 0 Å². The molecule has 1 aliphatic heterocycles. The van der Waals surface area contributed by atoms with Gasteiger partial charge in [-0.25, -0.2) is 9.97 Å². The van der Waals surface area contributed by atoms with Crippen molar-refractivity contribution >= 4 is 11.0 Å². The van der Waals surface area contributed by atoms with Gasteiger partial charge in [-0.3, -0.25) is 0 Å². The van der Waals surface area contributed by atoms with Crippen LogP contribution in [-0.2, 0) is 0 Å².